The van der Waals surface area contributed by atoms with Gasteiger partial charge in [-0.05, 0) is 42.3 Å². The van der Waals surface area contributed by atoms with Crippen LogP contribution in [0.3, 0.4) is 0 Å². The summed E-state index contributed by atoms with van der Waals surface area (Å²) >= 11 is 0. The van der Waals surface area contributed by atoms with Gasteiger partial charge in [-0.3, -0.25) is 13.9 Å². The summed E-state index contributed by atoms with van der Waals surface area (Å²) < 4.78 is 52.2. The third-order valence-electron chi connectivity index (χ3n) is 7.79. The van der Waals surface area contributed by atoms with Crippen LogP contribution in [0.2, 0.25) is 0 Å². The van der Waals surface area contributed by atoms with Crippen molar-refractivity contribution in [3.63, 3.8) is 0 Å². The molecule has 3 aromatic heterocycles. The van der Waals surface area contributed by atoms with Crippen LogP contribution in [0.1, 0.15) is 28.9 Å². The van der Waals surface area contributed by atoms with Crippen LogP contribution in [0.4, 0.5) is 13.2 Å². The molecule has 202 valence electrons. The highest BCUT2D eigenvalue weighted by Gasteiger charge is 2.42. The van der Waals surface area contributed by atoms with Crippen LogP contribution < -0.4 is 5.69 Å². The minimum absolute atomic E-state index is 0.134. The Hall–Kier alpha value is -3.95. The molecule has 12 heteroatoms. The van der Waals surface area contributed by atoms with Gasteiger partial charge < -0.3 is 9.30 Å². The molecule has 9 nitrogen and oxygen atoms in total. The fourth-order valence-electron chi connectivity index (χ4n) is 5.56. The van der Waals surface area contributed by atoms with Gasteiger partial charge in [0.15, 0.2) is 0 Å². The van der Waals surface area contributed by atoms with Crippen LogP contribution in [-0.4, -0.2) is 54.9 Å². The molecule has 2 aliphatic heterocycles. The monoisotopic (exact) mass is 537 g/mol. The Labute approximate surface area is 221 Å². The van der Waals surface area contributed by atoms with E-state index >= 15 is 0 Å². The first kappa shape index (κ1) is 25.3. The number of aryl methyl sites for hydroxylation is 1. The van der Waals surface area contributed by atoms with Crippen LogP contribution in [-0.2, 0) is 36.3 Å². The Bertz CT molecular complexity index is 1640. The Balaban J connectivity index is 1.39. The van der Waals surface area contributed by atoms with Crippen LogP contribution in [0.15, 0.2) is 53.8 Å². The number of alkyl halides is 3. The summed E-state index contributed by atoms with van der Waals surface area (Å²) in [5, 5.41) is 17.3. The lowest BCUT2D eigenvalue weighted by molar-refractivity contribution is -0.136. The van der Waals surface area contributed by atoms with Crippen LogP contribution in [0.25, 0.3) is 11.2 Å². The average Bonchev–Trinajstić information content (AvgIpc) is 3.60. The number of pyridine rings is 1. The molecule has 5 heterocycles. The maximum absolute atomic E-state index is 14.1. The van der Waals surface area contributed by atoms with E-state index in [1.165, 1.54) is 17.0 Å². The molecule has 0 aliphatic carbocycles. The predicted octanol–water partition coefficient (Wildman–Crippen LogP) is 3.09. The van der Waals surface area contributed by atoms with E-state index in [1.54, 1.807) is 18.5 Å². The number of benzene rings is 1. The first-order valence-corrected chi connectivity index (χ1v) is 12.6. The zero-order valence-corrected chi connectivity index (χ0v) is 21.2. The topological polar surface area (TPSA) is 93.4 Å². The molecule has 1 atom stereocenters. The van der Waals surface area contributed by atoms with E-state index in [9.17, 15) is 18.0 Å². The Morgan fingerprint density at radius 1 is 1.23 bits per heavy atom. The number of halogens is 3. The molecule has 0 spiro atoms. The zero-order valence-electron chi connectivity index (χ0n) is 21.2. The van der Waals surface area contributed by atoms with E-state index in [4.69, 9.17) is 10.00 Å². The molecule has 0 bridgehead atoms. The van der Waals surface area contributed by atoms with E-state index in [1.807, 2.05) is 28.6 Å². The number of nitriles is 1. The van der Waals surface area contributed by atoms with Crippen molar-refractivity contribution in [2.75, 3.05) is 26.3 Å². The van der Waals surface area contributed by atoms with Gasteiger partial charge >= 0.3 is 11.9 Å². The van der Waals surface area contributed by atoms with Crippen LogP contribution in [0.5, 0.6) is 0 Å². The van der Waals surface area contributed by atoms with E-state index in [2.05, 4.69) is 16.3 Å². The fourth-order valence-corrected chi connectivity index (χ4v) is 5.56. The zero-order chi connectivity index (χ0) is 27.4. The molecule has 39 heavy (non-hydrogen) atoms. The number of fused-ring (bicyclic) bond motifs is 1. The van der Waals surface area contributed by atoms with Crippen molar-refractivity contribution in [2.24, 2.45) is 13.0 Å². The SMILES string of the molecule is Cn1cnnc1CC1(c2cccc(-n3cc4c(C(F)(F)F)cc(CN5CC[C@@H](C#N)C5)cn4c3=O)c2)COC1. The Morgan fingerprint density at radius 3 is 2.69 bits per heavy atom. The second kappa shape index (κ2) is 9.36. The molecule has 1 aromatic carbocycles. The maximum Gasteiger partial charge on any atom is 0.418 e. The van der Waals surface area contributed by atoms with Gasteiger partial charge in [-0.15, -0.1) is 10.2 Å². The van der Waals surface area contributed by atoms with Gasteiger partial charge in [-0.2, -0.15) is 18.4 Å². The summed E-state index contributed by atoms with van der Waals surface area (Å²) in [6, 6.07) is 10.6. The third-order valence-corrected chi connectivity index (χ3v) is 7.79. The summed E-state index contributed by atoms with van der Waals surface area (Å²) in [6.07, 6.45) is 0.963. The van der Waals surface area contributed by atoms with Crippen molar-refractivity contribution in [3.8, 4) is 11.8 Å². The molecule has 0 radical (unpaired) electrons. The number of rotatable bonds is 6. The van der Waals surface area contributed by atoms with Gasteiger partial charge in [0.05, 0.1) is 42.0 Å². The van der Waals surface area contributed by atoms with Crippen molar-refractivity contribution >= 4 is 5.52 Å². The summed E-state index contributed by atoms with van der Waals surface area (Å²) in [4.78, 5) is 15.4. The Kier molecular flexibility index (Phi) is 6.08. The van der Waals surface area contributed by atoms with E-state index < -0.39 is 17.4 Å². The van der Waals surface area contributed by atoms with Crippen molar-refractivity contribution < 1.29 is 17.9 Å². The molecule has 2 aliphatic rings. The number of imidazole rings is 1. The predicted molar refractivity (Wildman–Crippen MR) is 134 cm³/mol. The van der Waals surface area contributed by atoms with Crippen molar-refractivity contribution in [2.45, 2.75) is 31.0 Å². The van der Waals surface area contributed by atoms with Gasteiger partial charge in [0.25, 0.3) is 0 Å². The quantitative estimate of drug-likeness (QED) is 0.375. The van der Waals surface area contributed by atoms with E-state index in [-0.39, 0.29) is 23.4 Å². The second-order valence-corrected chi connectivity index (χ2v) is 10.5. The maximum atomic E-state index is 14.1. The second-order valence-electron chi connectivity index (χ2n) is 10.5. The summed E-state index contributed by atoms with van der Waals surface area (Å²) in [5.41, 5.74) is -0.283. The summed E-state index contributed by atoms with van der Waals surface area (Å²) in [7, 11) is 1.86. The Morgan fingerprint density at radius 2 is 2.05 bits per heavy atom. The number of nitrogens with zero attached hydrogens (tertiary/aromatic N) is 7. The lowest BCUT2D eigenvalue weighted by Crippen LogP contribution is -2.49. The molecule has 2 saturated heterocycles. The number of hydrogen-bond acceptors (Lipinski definition) is 6. The van der Waals surface area contributed by atoms with E-state index in [0.717, 1.165) is 21.9 Å². The minimum atomic E-state index is -4.65. The minimum Gasteiger partial charge on any atom is -0.379 e. The number of hydrogen-bond donors (Lipinski definition) is 0. The lowest BCUT2D eigenvalue weighted by Gasteiger charge is -2.41. The standard InChI is InChI=1S/C27H26F3N7O2/c1-34-17-32-33-24(34)9-26(15-39-16-26)20-3-2-4-21(8-20)36-14-23-22(27(28,29)30)7-19(13-37(23)25(36)38)12-35-6-5-18(10-31)11-35/h2-4,7-8,13-14,17-18H,5-6,9,11-12,15-16H2,1H3/t18-/m0/s1. The molecular weight excluding hydrogens is 511 g/mol. The van der Waals surface area contributed by atoms with Gasteiger partial charge in [-0.1, -0.05) is 12.1 Å². The fraction of sp³-hybridized carbons (Fsp3) is 0.407. The van der Waals surface area contributed by atoms with Gasteiger partial charge in [-0.25, -0.2) is 4.79 Å². The normalized spacial score (nSPS) is 19.3. The van der Waals surface area contributed by atoms with Gasteiger partial charge in [0.1, 0.15) is 12.2 Å². The van der Waals surface area contributed by atoms with Crippen molar-refractivity contribution in [3.05, 3.63) is 82.1 Å². The largest absolute Gasteiger partial charge is 0.418 e. The van der Waals surface area contributed by atoms with Crippen LogP contribution >= 0.6 is 0 Å². The molecule has 0 N–H and O–H groups in total. The smallest absolute Gasteiger partial charge is 0.379 e. The number of likely N-dealkylation sites (tertiary alicyclic amines) is 1. The number of ether oxygens (including phenoxy) is 1. The molecule has 6 rings (SSSR count). The highest BCUT2D eigenvalue weighted by Crippen LogP contribution is 2.37. The molecule has 0 saturated carbocycles. The lowest BCUT2D eigenvalue weighted by atomic mass is 9.75. The van der Waals surface area contributed by atoms with Gasteiger partial charge in [0, 0.05) is 44.4 Å². The average molecular weight is 538 g/mol. The van der Waals surface area contributed by atoms with Gasteiger partial charge in [0.2, 0.25) is 0 Å². The van der Waals surface area contributed by atoms with Crippen molar-refractivity contribution in [1.82, 2.24) is 28.6 Å². The first-order valence-electron chi connectivity index (χ1n) is 12.6. The molecule has 2 fully saturated rings. The summed E-state index contributed by atoms with van der Waals surface area (Å²) in [5.74, 6) is 0.654. The first-order chi connectivity index (χ1) is 18.7. The molecular formula is C27H26F3N7O2. The van der Waals surface area contributed by atoms with E-state index in [0.29, 0.717) is 50.4 Å². The summed E-state index contributed by atoms with van der Waals surface area (Å²) in [6.45, 7) is 2.27. The molecule has 0 unspecified atom stereocenters. The molecule has 0 amide bonds. The van der Waals surface area contributed by atoms with Crippen LogP contribution in [0, 0.1) is 17.2 Å². The highest BCUT2D eigenvalue weighted by molar-refractivity contribution is 5.58. The third kappa shape index (κ3) is 4.51. The molecule has 4 aromatic rings. The highest BCUT2D eigenvalue weighted by atomic mass is 19.4. The number of aromatic nitrogens is 5. The van der Waals surface area contributed by atoms with Crippen molar-refractivity contribution in [1.29, 1.82) is 5.26 Å².